The number of urea groups is 1. The van der Waals surface area contributed by atoms with Crippen molar-refractivity contribution in [1.82, 2.24) is 15.5 Å². The highest BCUT2D eigenvalue weighted by atomic mass is 16.4. The van der Waals surface area contributed by atoms with E-state index < -0.39 is 12.0 Å². The number of carbonyl (C=O) groups excluding carboxylic acids is 1. The van der Waals surface area contributed by atoms with Gasteiger partial charge in [0.2, 0.25) is 0 Å². The molecule has 6 nitrogen and oxygen atoms in total. The number of rotatable bonds is 4. The van der Waals surface area contributed by atoms with Crippen LogP contribution >= 0.6 is 0 Å². The van der Waals surface area contributed by atoms with Crippen LogP contribution in [0.5, 0.6) is 0 Å². The average molecular weight is 243 g/mol. The summed E-state index contributed by atoms with van der Waals surface area (Å²) in [6, 6.07) is -1.03. The van der Waals surface area contributed by atoms with Gasteiger partial charge in [-0.25, -0.2) is 9.59 Å². The summed E-state index contributed by atoms with van der Waals surface area (Å²) < 4.78 is 0. The van der Waals surface area contributed by atoms with Crippen LogP contribution in [0.25, 0.3) is 0 Å². The molecule has 0 unspecified atom stereocenters. The fourth-order valence-corrected chi connectivity index (χ4v) is 1.88. The number of likely N-dealkylation sites (tertiary alicyclic amines) is 1. The minimum Gasteiger partial charge on any atom is -0.480 e. The minimum atomic E-state index is -0.994. The summed E-state index contributed by atoms with van der Waals surface area (Å²) in [4.78, 5) is 24.5. The minimum absolute atomic E-state index is 0.150. The van der Waals surface area contributed by atoms with Crippen molar-refractivity contribution in [3.63, 3.8) is 0 Å². The van der Waals surface area contributed by atoms with Gasteiger partial charge < -0.3 is 20.6 Å². The van der Waals surface area contributed by atoms with Gasteiger partial charge in [0, 0.05) is 6.04 Å². The average Bonchev–Trinajstić information content (AvgIpc) is 2.28. The van der Waals surface area contributed by atoms with E-state index in [1.54, 1.807) is 6.92 Å². The molecule has 1 aliphatic rings. The van der Waals surface area contributed by atoms with Gasteiger partial charge in [0.1, 0.15) is 6.04 Å². The summed E-state index contributed by atoms with van der Waals surface area (Å²) in [6.07, 6.45) is 2.21. The van der Waals surface area contributed by atoms with Gasteiger partial charge in [-0.3, -0.25) is 0 Å². The molecule has 0 saturated carbocycles. The summed E-state index contributed by atoms with van der Waals surface area (Å²) >= 11 is 0. The zero-order valence-electron chi connectivity index (χ0n) is 10.4. The van der Waals surface area contributed by atoms with E-state index in [2.05, 4.69) is 15.5 Å². The third kappa shape index (κ3) is 4.60. The number of aliphatic carboxylic acids is 1. The highest BCUT2D eigenvalue weighted by Gasteiger charge is 2.21. The quantitative estimate of drug-likeness (QED) is 0.661. The van der Waals surface area contributed by atoms with E-state index in [4.69, 9.17) is 5.11 Å². The first-order chi connectivity index (χ1) is 8.02. The summed E-state index contributed by atoms with van der Waals surface area (Å²) in [7, 11) is 2.05. The predicted octanol–water partition coefficient (Wildman–Crippen LogP) is 0.243. The zero-order chi connectivity index (χ0) is 12.8. The summed E-state index contributed by atoms with van der Waals surface area (Å²) in [5, 5.41) is 14.1. The highest BCUT2D eigenvalue weighted by molar-refractivity contribution is 5.82. The van der Waals surface area contributed by atoms with Crippen molar-refractivity contribution in [1.29, 1.82) is 0 Å². The van der Waals surface area contributed by atoms with E-state index >= 15 is 0 Å². The van der Waals surface area contributed by atoms with Crippen molar-refractivity contribution in [2.45, 2.75) is 38.3 Å². The first kappa shape index (κ1) is 13.8. The molecule has 1 heterocycles. The van der Waals surface area contributed by atoms with Crippen LogP contribution in [-0.4, -0.2) is 54.2 Å². The predicted molar refractivity (Wildman–Crippen MR) is 63.9 cm³/mol. The van der Waals surface area contributed by atoms with Gasteiger partial charge >= 0.3 is 12.0 Å². The van der Waals surface area contributed by atoms with Crippen molar-refractivity contribution in [3.05, 3.63) is 0 Å². The lowest BCUT2D eigenvalue weighted by molar-refractivity contribution is -0.139. The Morgan fingerprint density at radius 2 is 2.00 bits per heavy atom. The molecule has 0 aromatic carbocycles. The Hall–Kier alpha value is -1.30. The van der Waals surface area contributed by atoms with Crippen LogP contribution in [0.4, 0.5) is 4.79 Å². The van der Waals surface area contributed by atoms with Gasteiger partial charge in [-0.05, 0) is 39.4 Å². The van der Waals surface area contributed by atoms with Gasteiger partial charge in [0.05, 0.1) is 0 Å². The number of carboxylic acids is 1. The Labute approximate surface area is 101 Å². The van der Waals surface area contributed by atoms with E-state index in [9.17, 15) is 9.59 Å². The Balaban J connectivity index is 2.31. The van der Waals surface area contributed by atoms with Gasteiger partial charge in [-0.2, -0.15) is 0 Å². The highest BCUT2D eigenvalue weighted by Crippen LogP contribution is 2.07. The second-order valence-electron chi connectivity index (χ2n) is 4.49. The molecule has 6 heteroatoms. The molecular weight excluding hydrogens is 222 g/mol. The number of hydrogen-bond acceptors (Lipinski definition) is 3. The molecule has 2 amide bonds. The van der Waals surface area contributed by atoms with Crippen LogP contribution in [0.1, 0.15) is 26.2 Å². The van der Waals surface area contributed by atoms with Crippen molar-refractivity contribution in [2.24, 2.45) is 0 Å². The number of carboxylic acid groups (broad SMARTS) is 1. The fourth-order valence-electron chi connectivity index (χ4n) is 1.88. The molecule has 3 N–H and O–H groups in total. The Bertz CT molecular complexity index is 275. The lowest BCUT2D eigenvalue weighted by Gasteiger charge is -2.29. The molecule has 1 aliphatic heterocycles. The fraction of sp³-hybridized carbons (Fsp3) is 0.818. The van der Waals surface area contributed by atoms with Crippen LogP contribution in [-0.2, 0) is 4.79 Å². The van der Waals surface area contributed by atoms with Gasteiger partial charge in [0.25, 0.3) is 0 Å². The number of hydrogen-bond donors (Lipinski definition) is 3. The smallest absolute Gasteiger partial charge is 0.326 e. The normalized spacial score (nSPS) is 19.6. The number of amides is 2. The molecule has 0 aromatic heterocycles. The summed E-state index contributed by atoms with van der Waals surface area (Å²) in [6.45, 7) is 3.65. The third-order valence-electron chi connectivity index (χ3n) is 3.07. The molecule has 17 heavy (non-hydrogen) atoms. The molecule has 0 bridgehead atoms. The molecule has 1 saturated heterocycles. The summed E-state index contributed by atoms with van der Waals surface area (Å²) in [5.74, 6) is -0.994. The van der Waals surface area contributed by atoms with Crippen molar-refractivity contribution < 1.29 is 14.7 Å². The van der Waals surface area contributed by atoms with Crippen LogP contribution in [0, 0.1) is 0 Å². The molecule has 0 aromatic rings. The van der Waals surface area contributed by atoms with Crippen LogP contribution in [0.15, 0.2) is 0 Å². The van der Waals surface area contributed by atoms with Crippen molar-refractivity contribution in [3.8, 4) is 0 Å². The summed E-state index contributed by atoms with van der Waals surface area (Å²) in [5.41, 5.74) is 0. The largest absolute Gasteiger partial charge is 0.480 e. The number of piperidine rings is 1. The van der Waals surface area contributed by atoms with E-state index in [-0.39, 0.29) is 12.1 Å². The van der Waals surface area contributed by atoms with E-state index in [1.165, 1.54) is 0 Å². The van der Waals surface area contributed by atoms with Gasteiger partial charge in [-0.15, -0.1) is 0 Å². The second-order valence-corrected chi connectivity index (χ2v) is 4.49. The molecule has 1 fully saturated rings. The van der Waals surface area contributed by atoms with E-state index in [0.29, 0.717) is 6.42 Å². The van der Waals surface area contributed by atoms with Crippen LogP contribution in [0.3, 0.4) is 0 Å². The zero-order valence-corrected chi connectivity index (χ0v) is 10.4. The van der Waals surface area contributed by atoms with Crippen LogP contribution in [0.2, 0.25) is 0 Å². The monoisotopic (exact) mass is 243 g/mol. The Morgan fingerprint density at radius 1 is 1.41 bits per heavy atom. The molecular formula is C11H21N3O3. The first-order valence-corrected chi connectivity index (χ1v) is 6.01. The Kier molecular flexibility index (Phi) is 5.21. The second kappa shape index (κ2) is 6.44. The maximum atomic E-state index is 11.6. The molecule has 1 rings (SSSR count). The molecule has 0 radical (unpaired) electrons. The van der Waals surface area contributed by atoms with E-state index in [0.717, 1.165) is 25.9 Å². The number of nitrogens with one attached hydrogen (secondary N) is 2. The third-order valence-corrected chi connectivity index (χ3v) is 3.07. The van der Waals surface area contributed by atoms with E-state index in [1.807, 2.05) is 7.05 Å². The molecule has 1 atom stereocenters. The maximum Gasteiger partial charge on any atom is 0.326 e. The molecule has 0 aliphatic carbocycles. The van der Waals surface area contributed by atoms with Gasteiger partial charge in [-0.1, -0.05) is 6.92 Å². The standard InChI is InChI=1S/C11H21N3O3/c1-3-9(10(15)16)13-11(17)12-8-4-6-14(2)7-5-8/h8-9H,3-7H2,1-2H3,(H,15,16)(H2,12,13,17)/t9-/m1/s1. The number of carbonyl (C=O) groups is 2. The Morgan fingerprint density at radius 3 is 2.47 bits per heavy atom. The number of nitrogens with zero attached hydrogens (tertiary/aromatic N) is 1. The van der Waals surface area contributed by atoms with Gasteiger partial charge in [0.15, 0.2) is 0 Å². The lowest BCUT2D eigenvalue weighted by Crippen LogP contribution is -2.51. The van der Waals surface area contributed by atoms with Crippen LogP contribution < -0.4 is 10.6 Å². The molecule has 98 valence electrons. The lowest BCUT2D eigenvalue weighted by atomic mass is 10.1. The maximum absolute atomic E-state index is 11.6. The topological polar surface area (TPSA) is 81.7 Å². The first-order valence-electron chi connectivity index (χ1n) is 6.01. The SMILES string of the molecule is CC[C@@H](NC(=O)NC1CCN(C)CC1)C(=O)O. The van der Waals surface area contributed by atoms with Crippen molar-refractivity contribution in [2.75, 3.05) is 20.1 Å². The molecule has 0 spiro atoms. The van der Waals surface area contributed by atoms with Crippen molar-refractivity contribution >= 4 is 12.0 Å².